The monoisotopic (exact) mass is 584 g/mol. The number of oxazole rings is 1. The van der Waals surface area contributed by atoms with E-state index in [-0.39, 0.29) is 54.2 Å². The smallest absolute Gasteiger partial charge is 0.306 e. The molecule has 1 aliphatic heterocycles. The van der Waals surface area contributed by atoms with Crippen LogP contribution in [-0.2, 0) is 20.7 Å². The molecule has 1 saturated carbocycles. The molecule has 1 aromatic heterocycles. The highest BCUT2D eigenvalue weighted by molar-refractivity contribution is 5.85. The van der Waals surface area contributed by atoms with Crippen LogP contribution < -0.4 is 5.32 Å². The molecule has 1 atom stereocenters. The largest absolute Gasteiger partial charge is 0.481 e. The summed E-state index contributed by atoms with van der Waals surface area (Å²) in [6.07, 6.45) is 4.56. The Bertz CT molecular complexity index is 1420. The van der Waals surface area contributed by atoms with Gasteiger partial charge in [0.15, 0.2) is 17.2 Å². The van der Waals surface area contributed by atoms with Gasteiger partial charge < -0.3 is 19.6 Å². The summed E-state index contributed by atoms with van der Waals surface area (Å²) in [5, 5.41) is 12.2. The first kappa shape index (κ1) is 30.1. The molecule has 42 heavy (non-hydrogen) atoms. The van der Waals surface area contributed by atoms with E-state index >= 15 is 4.39 Å². The first-order chi connectivity index (χ1) is 20.2. The minimum absolute atomic E-state index is 0.00207. The molecule has 0 bridgehead atoms. The molecule has 5 rings (SSSR count). The number of ketones is 1. The number of carboxylic acids is 1. The molecule has 0 amide bonds. The number of benzene rings is 2. The number of halogens is 2. The van der Waals surface area contributed by atoms with Crippen LogP contribution in [0, 0.1) is 24.5 Å². The number of carboxylic acid groups (broad SMARTS) is 1. The number of nitrogens with zero attached hydrogens (tertiary/aromatic N) is 3. The van der Waals surface area contributed by atoms with Crippen LogP contribution >= 0.6 is 0 Å². The van der Waals surface area contributed by atoms with Gasteiger partial charge in [0.25, 0.3) is 6.01 Å². The number of ether oxygens (including phenoxy) is 1. The molecular weight excluding hydrogens is 546 g/mol. The van der Waals surface area contributed by atoms with Crippen LogP contribution in [0.4, 0.5) is 20.5 Å². The first-order valence-electron chi connectivity index (χ1n) is 14.6. The average Bonchev–Trinajstić information content (AvgIpc) is 3.63. The molecule has 1 unspecified atom stereocenters. The predicted molar refractivity (Wildman–Crippen MR) is 154 cm³/mol. The maximum absolute atomic E-state index is 15.4. The van der Waals surface area contributed by atoms with E-state index in [1.54, 1.807) is 25.1 Å². The molecule has 2 N–H and O–H groups in total. The molecule has 2 heterocycles. The second-order valence-corrected chi connectivity index (χ2v) is 11.5. The zero-order valence-electron chi connectivity index (χ0n) is 24.1. The Morgan fingerprint density at radius 3 is 2.62 bits per heavy atom. The summed E-state index contributed by atoms with van der Waals surface area (Å²) in [6.45, 7) is 4.29. The summed E-state index contributed by atoms with van der Waals surface area (Å²) in [4.78, 5) is 32.8. The average molecular weight is 585 g/mol. The second kappa shape index (κ2) is 13.3. The lowest BCUT2D eigenvalue weighted by Gasteiger charge is -2.36. The zero-order valence-corrected chi connectivity index (χ0v) is 24.1. The van der Waals surface area contributed by atoms with Gasteiger partial charge in [-0.3, -0.25) is 19.4 Å². The first-order valence-corrected chi connectivity index (χ1v) is 14.6. The molecule has 1 saturated heterocycles. The van der Waals surface area contributed by atoms with Crippen LogP contribution in [0.5, 0.6) is 0 Å². The molecule has 2 fully saturated rings. The highest BCUT2D eigenvalue weighted by Crippen LogP contribution is 2.30. The maximum Gasteiger partial charge on any atom is 0.306 e. The molecule has 1 aliphatic carbocycles. The third-order valence-electron chi connectivity index (χ3n) is 8.24. The fourth-order valence-electron chi connectivity index (χ4n) is 5.88. The van der Waals surface area contributed by atoms with Crippen LogP contribution in [0.1, 0.15) is 49.7 Å². The van der Waals surface area contributed by atoms with Gasteiger partial charge in [-0.1, -0.05) is 12.1 Å². The van der Waals surface area contributed by atoms with Crippen LogP contribution in [0.25, 0.3) is 11.1 Å². The summed E-state index contributed by atoms with van der Waals surface area (Å²) in [6, 6.07) is 7.46. The molecule has 3 aromatic rings. The number of fused-ring (bicyclic) bond motifs is 1. The number of likely N-dealkylation sites (tertiary alicyclic amines) is 1. The zero-order chi connectivity index (χ0) is 29.8. The Morgan fingerprint density at radius 1 is 1.17 bits per heavy atom. The van der Waals surface area contributed by atoms with Gasteiger partial charge >= 0.3 is 5.97 Å². The van der Waals surface area contributed by atoms with E-state index < -0.39 is 17.6 Å². The Morgan fingerprint density at radius 2 is 1.90 bits per heavy atom. The number of aryl methyl sites for hydroxylation is 1. The van der Waals surface area contributed by atoms with Crippen molar-refractivity contribution in [3.63, 3.8) is 0 Å². The van der Waals surface area contributed by atoms with Crippen LogP contribution in [0.2, 0.25) is 0 Å². The van der Waals surface area contributed by atoms with Gasteiger partial charge in [0, 0.05) is 31.7 Å². The number of carbonyl (C=O) groups excluding carboxylic acids is 1. The van der Waals surface area contributed by atoms with E-state index in [2.05, 4.69) is 15.2 Å². The Labute approximate surface area is 243 Å². The fourth-order valence-corrected chi connectivity index (χ4v) is 5.88. The van der Waals surface area contributed by atoms with Crippen molar-refractivity contribution in [2.75, 3.05) is 38.5 Å². The number of aromatic nitrogens is 1. The number of hydrogen-bond acceptors (Lipinski definition) is 8. The number of aliphatic carboxylic acids is 1. The number of Topliss-reactive ketones (excluding diaryl/α,β-unsaturated/α-hetero) is 1. The van der Waals surface area contributed by atoms with Gasteiger partial charge in [-0.25, -0.2) is 8.78 Å². The van der Waals surface area contributed by atoms with E-state index in [9.17, 15) is 19.1 Å². The van der Waals surface area contributed by atoms with Crippen molar-refractivity contribution in [1.29, 1.82) is 0 Å². The van der Waals surface area contributed by atoms with Crippen molar-refractivity contribution in [2.24, 2.45) is 5.92 Å². The standard InChI is InChI=1S/C31H38F2N4O5/c1-19-5-9-22(32)16-26(19)35-31-34-25-12-8-21(28(33)29(25)42-31)15-23(38)17-36(2)18-27(37-13-3-4-14-37)41-24-10-6-20(7-11-24)30(39)40/h5,8-9,12,16,20,24,27H,3-4,6-7,10-11,13-15,17-18H2,1-2H3,(H,34,35)(H,39,40). The summed E-state index contributed by atoms with van der Waals surface area (Å²) < 4.78 is 41.1. The van der Waals surface area contributed by atoms with Gasteiger partial charge in [-0.15, -0.1) is 0 Å². The van der Waals surface area contributed by atoms with Gasteiger partial charge in [0.2, 0.25) is 0 Å². The Balaban J connectivity index is 1.19. The number of carbonyl (C=O) groups is 2. The fraction of sp³-hybridized carbons (Fsp3) is 0.516. The SMILES string of the molecule is Cc1ccc(F)cc1Nc1nc2ccc(CC(=O)CN(C)CC(OC3CCC(C(=O)O)CC3)N3CCCC3)c(F)c2o1. The summed E-state index contributed by atoms with van der Waals surface area (Å²) in [7, 11) is 1.86. The van der Waals surface area contributed by atoms with Gasteiger partial charge in [0.1, 0.15) is 17.6 Å². The number of likely N-dealkylation sites (N-methyl/N-ethyl adjacent to an activating group) is 1. The van der Waals surface area contributed by atoms with E-state index in [4.69, 9.17) is 9.15 Å². The normalized spacial score (nSPS) is 20.3. The third kappa shape index (κ3) is 7.32. The number of rotatable bonds is 12. The minimum atomic E-state index is -0.738. The third-order valence-corrected chi connectivity index (χ3v) is 8.24. The molecule has 226 valence electrons. The van der Waals surface area contributed by atoms with E-state index in [1.165, 1.54) is 12.1 Å². The van der Waals surface area contributed by atoms with Crippen molar-refractivity contribution in [3.05, 3.63) is 53.1 Å². The van der Waals surface area contributed by atoms with Gasteiger partial charge in [0.05, 0.1) is 18.6 Å². The summed E-state index contributed by atoms with van der Waals surface area (Å²) >= 11 is 0. The molecule has 11 heteroatoms. The highest BCUT2D eigenvalue weighted by atomic mass is 19.1. The van der Waals surface area contributed by atoms with Crippen LogP contribution in [0.15, 0.2) is 34.7 Å². The lowest BCUT2D eigenvalue weighted by atomic mass is 9.87. The van der Waals surface area contributed by atoms with Gasteiger partial charge in [-0.2, -0.15) is 4.98 Å². The number of hydrogen-bond donors (Lipinski definition) is 2. The Kier molecular flexibility index (Phi) is 9.50. The van der Waals surface area contributed by atoms with Crippen molar-refractivity contribution in [2.45, 2.75) is 64.2 Å². The second-order valence-electron chi connectivity index (χ2n) is 11.5. The van der Waals surface area contributed by atoms with E-state index in [1.807, 2.05) is 11.9 Å². The lowest BCUT2D eigenvalue weighted by Crippen LogP contribution is -2.46. The van der Waals surface area contributed by atoms with Crippen molar-refractivity contribution in [1.82, 2.24) is 14.8 Å². The lowest BCUT2D eigenvalue weighted by molar-refractivity contribution is -0.146. The van der Waals surface area contributed by atoms with Crippen molar-refractivity contribution < 1.29 is 32.6 Å². The quantitative estimate of drug-likeness (QED) is 0.294. The van der Waals surface area contributed by atoms with Crippen LogP contribution in [-0.4, -0.2) is 77.2 Å². The maximum atomic E-state index is 15.4. The van der Waals surface area contributed by atoms with Crippen LogP contribution in [0.3, 0.4) is 0 Å². The number of nitrogens with one attached hydrogen (secondary N) is 1. The molecule has 9 nitrogen and oxygen atoms in total. The molecule has 0 radical (unpaired) electrons. The van der Waals surface area contributed by atoms with Gasteiger partial charge in [-0.05, 0) is 81.8 Å². The topological polar surface area (TPSA) is 108 Å². The highest BCUT2D eigenvalue weighted by Gasteiger charge is 2.31. The summed E-state index contributed by atoms with van der Waals surface area (Å²) in [5.41, 5.74) is 1.68. The predicted octanol–water partition coefficient (Wildman–Crippen LogP) is 5.28. The molecular formula is C31H38F2N4O5. The molecule has 2 aliphatic rings. The minimum Gasteiger partial charge on any atom is -0.481 e. The summed E-state index contributed by atoms with van der Waals surface area (Å²) in [5.74, 6) is -2.25. The van der Waals surface area contributed by atoms with E-state index in [0.717, 1.165) is 31.5 Å². The Hall–Kier alpha value is -3.41. The number of anilines is 2. The van der Waals surface area contributed by atoms with Crippen molar-refractivity contribution in [3.8, 4) is 0 Å². The van der Waals surface area contributed by atoms with Crippen molar-refractivity contribution >= 4 is 34.6 Å². The van der Waals surface area contributed by atoms with E-state index in [0.29, 0.717) is 43.4 Å². The molecule has 2 aromatic carbocycles. The molecule has 0 spiro atoms.